The maximum atomic E-state index is 12.1. The van der Waals surface area contributed by atoms with Gasteiger partial charge in [-0.05, 0) is 24.9 Å². The fourth-order valence-electron chi connectivity index (χ4n) is 2.73. The highest BCUT2D eigenvalue weighted by atomic mass is 16.2. The third-order valence-electron chi connectivity index (χ3n) is 3.62. The SMILES string of the molecule is O=C1N(Cc2ccccc2)CC12CCCN2. The summed E-state index contributed by atoms with van der Waals surface area (Å²) < 4.78 is 0. The third-order valence-corrected chi connectivity index (χ3v) is 3.62. The van der Waals surface area contributed by atoms with Crippen LogP contribution in [0.3, 0.4) is 0 Å². The molecule has 2 fully saturated rings. The Morgan fingerprint density at radius 3 is 2.75 bits per heavy atom. The van der Waals surface area contributed by atoms with Gasteiger partial charge in [0.15, 0.2) is 0 Å². The average Bonchev–Trinajstić information content (AvgIpc) is 2.81. The molecule has 1 spiro atoms. The van der Waals surface area contributed by atoms with Crippen molar-refractivity contribution >= 4 is 5.91 Å². The van der Waals surface area contributed by atoms with Crippen molar-refractivity contribution in [2.45, 2.75) is 24.9 Å². The molecule has 1 amide bonds. The van der Waals surface area contributed by atoms with E-state index in [9.17, 15) is 4.79 Å². The predicted molar refractivity (Wildman–Crippen MR) is 61.8 cm³/mol. The molecule has 2 aliphatic heterocycles. The molecule has 0 aromatic heterocycles. The molecule has 1 unspecified atom stereocenters. The summed E-state index contributed by atoms with van der Waals surface area (Å²) in [6, 6.07) is 10.2. The van der Waals surface area contributed by atoms with Crippen LogP contribution in [0, 0.1) is 0 Å². The Labute approximate surface area is 95.4 Å². The van der Waals surface area contributed by atoms with E-state index in [0.717, 1.165) is 32.5 Å². The number of hydrogen-bond donors (Lipinski definition) is 1. The summed E-state index contributed by atoms with van der Waals surface area (Å²) >= 11 is 0. The molecule has 0 saturated carbocycles. The van der Waals surface area contributed by atoms with Gasteiger partial charge in [0.2, 0.25) is 5.91 Å². The first-order valence-corrected chi connectivity index (χ1v) is 5.89. The van der Waals surface area contributed by atoms with Crippen molar-refractivity contribution in [3.63, 3.8) is 0 Å². The highest BCUT2D eigenvalue weighted by Gasteiger charge is 2.52. The zero-order valence-corrected chi connectivity index (χ0v) is 9.28. The molecular formula is C13H16N2O. The molecule has 2 aliphatic rings. The first-order valence-electron chi connectivity index (χ1n) is 5.89. The number of nitrogens with one attached hydrogen (secondary N) is 1. The van der Waals surface area contributed by atoms with E-state index in [0.29, 0.717) is 0 Å². The van der Waals surface area contributed by atoms with Crippen molar-refractivity contribution < 1.29 is 4.79 Å². The zero-order valence-electron chi connectivity index (χ0n) is 9.28. The second-order valence-electron chi connectivity index (χ2n) is 4.76. The smallest absolute Gasteiger partial charge is 0.245 e. The Kier molecular flexibility index (Phi) is 2.21. The van der Waals surface area contributed by atoms with Crippen LogP contribution in [0.15, 0.2) is 30.3 Å². The van der Waals surface area contributed by atoms with Crippen LogP contribution in [0.4, 0.5) is 0 Å². The summed E-state index contributed by atoms with van der Waals surface area (Å²) in [6.45, 7) is 2.62. The predicted octanol–water partition coefficient (Wildman–Crippen LogP) is 1.15. The fraction of sp³-hybridized carbons (Fsp3) is 0.462. The van der Waals surface area contributed by atoms with Crippen LogP contribution in [0.25, 0.3) is 0 Å². The van der Waals surface area contributed by atoms with E-state index >= 15 is 0 Å². The Morgan fingerprint density at radius 1 is 1.31 bits per heavy atom. The molecule has 3 rings (SSSR count). The molecule has 1 N–H and O–H groups in total. The molecule has 1 atom stereocenters. The van der Waals surface area contributed by atoms with Crippen LogP contribution in [0.5, 0.6) is 0 Å². The quantitative estimate of drug-likeness (QED) is 0.752. The Bertz CT molecular complexity index is 396. The lowest BCUT2D eigenvalue weighted by Crippen LogP contribution is -2.70. The minimum atomic E-state index is -0.186. The number of rotatable bonds is 2. The third kappa shape index (κ3) is 1.43. The van der Waals surface area contributed by atoms with Crippen molar-refractivity contribution in [1.82, 2.24) is 10.2 Å². The second-order valence-corrected chi connectivity index (χ2v) is 4.76. The Hall–Kier alpha value is -1.35. The molecule has 1 aromatic carbocycles. The van der Waals surface area contributed by atoms with Crippen molar-refractivity contribution in [2.75, 3.05) is 13.1 Å². The highest BCUT2D eigenvalue weighted by molar-refractivity contribution is 5.93. The van der Waals surface area contributed by atoms with Crippen LogP contribution in [-0.4, -0.2) is 29.4 Å². The summed E-state index contributed by atoms with van der Waals surface area (Å²) in [7, 11) is 0. The number of benzene rings is 1. The van der Waals surface area contributed by atoms with Crippen LogP contribution in [0.1, 0.15) is 18.4 Å². The summed E-state index contributed by atoms with van der Waals surface area (Å²) in [5.41, 5.74) is 1.03. The van der Waals surface area contributed by atoms with Gasteiger partial charge < -0.3 is 10.2 Å². The molecule has 1 aromatic rings. The van der Waals surface area contributed by atoms with E-state index < -0.39 is 0 Å². The molecule has 2 saturated heterocycles. The van der Waals surface area contributed by atoms with E-state index in [1.54, 1.807) is 0 Å². The zero-order chi connectivity index (χ0) is 11.0. The largest absolute Gasteiger partial charge is 0.334 e. The van der Waals surface area contributed by atoms with E-state index in [1.165, 1.54) is 5.56 Å². The Balaban J connectivity index is 1.66. The van der Waals surface area contributed by atoms with Gasteiger partial charge in [0.1, 0.15) is 5.54 Å². The van der Waals surface area contributed by atoms with Gasteiger partial charge in [-0.2, -0.15) is 0 Å². The molecule has 0 aliphatic carbocycles. The monoisotopic (exact) mass is 216 g/mol. The van der Waals surface area contributed by atoms with E-state index in [2.05, 4.69) is 17.4 Å². The standard InChI is InChI=1S/C13H16N2O/c16-12-13(7-4-8-14-13)10-15(12)9-11-5-2-1-3-6-11/h1-3,5-6,14H,4,7-10H2. The number of likely N-dealkylation sites (tertiary alicyclic amines) is 1. The minimum Gasteiger partial charge on any atom is -0.334 e. The molecule has 0 bridgehead atoms. The van der Waals surface area contributed by atoms with Crippen LogP contribution >= 0.6 is 0 Å². The van der Waals surface area contributed by atoms with E-state index in [4.69, 9.17) is 0 Å². The average molecular weight is 216 g/mol. The van der Waals surface area contributed by atoms with Crippen LogP contribution in [-0.2, 0) is 11.3 Å². The number of amides is 1. The van der Waals surface area contributed by atoms with Gasteiger partial charge in [-0.25, -0.2) is 0 Å². The molecule has 2 heterocycles. The van der Waals surface area contributed by atoms with Gasteiger partial charge in [-0.15, -0.1) is 0 Å². The summed E-state index contributed by atoms with van der Waals surface area (Å²) in [5, 5.41) is 3.34. The van der Waals surface area contributed by atoms with Crippen LogP contribution in [0.2, 0.25) is 0 Å². The minimum absolute atomic E-state index is 0.186. The summed E-state index contributed by atoms with van der Waals surface area (Å²) in [4.78, 5) is 14.0. The van der Waals surface area contributed by atoms with Crippen molar-refractivity contribution in [3.8, 4) is 0 Å². The molecule has 84 valence electrons. The Morgan fingerprint density at radius 2 is 2.12 bits per heavy atom. The molecular weight excluding hydrogens is 200 g/mol. The topological polar surface area (TPSA) is 32.3 Å². The fourth-order valence-corrected chi connectivity index (χ4v) is 2.73. The molecule has 3 heteroatoms. The lowest BCUT2D eigenvalue weighted by molar-refractivity contribution is -0.153. The second kappa shape index (κ2) is 3.59. The summed E-state index contributed by atoms with van der Waals surface area (Å²) in [6.07, 6.45) is 2.14. The molecule has 0 radical (unpaired) electrons. The van der Waals surface area contributed by atoms with Crippen molar-refractivity contribution in [2.24, 2.45) is 0 Å². The van der Waals surface area contributed by atoms with Gasteiger partial charge in [0, 0.05) is 13.1 Å². The van der Waals surface area contributed by atoms with Gasteiger partial charge in [-0.1, -0.05) is 30.3 Å². The number of carbonyl (C=O) groups excluding carboxylic acids is 1. The highest BCUT2D eigenvalue weighted by Crippen LogP contribution is 2.32. The number of hydrogen-bond acceptors (Lipinski definition) is 2. The maximum Gasteiger partial charge on any atom is 0.245 e. The van der Waals surface area contributed by atoms with Crippen LogP contribution < -0.4 is 5.32 Å². The van der Waals surface area contributed by atoms with Crippen molar-refractivity contribution in [1.29, 1.82) is 0 Å². The van der Waals surface area contributed by atoms with E-state index in [-0.39, 0.29) is 11.4 Å². The molecule has 3 nitrogen and oxygen atoms in total. The summed E-state index contributed by atoms with van der Waals surface area (Å²) in [5.74, 6) is 0.286. The van der Waals surface area contributed by atoms with Crippen molar-refractivity contribution in [3.05, 3.63) is 35.9 Å². The van der Waals surface area contributed by atoms with E-state index in [1.807, 2.05) is 23.1 Å². The lowest BCUT2D eigenvalue weighted by atomic mass is 9.86. The number of nitrogens with zero attached hydrogens (tertiary/aromatic N) is 1. The first-order chi connectivity index (χ1) is 7.80. The maximum absolute atomic E-state index is 12.1. The van der Waals surface area contributed by atoms with Gasteiger partial charge in [0.25, 0.3) is 0 Å². The number of carbonyl (C=O) groups is 1. The normalized spacial score (nSPS) is 28.5. The molecule has 16 heavy (non-hydrogen) atoms. The van der Waals surface area contributed by atoms with Gasteiger partial charge in [0.05, 0.1) is 0 Å². The number of β-lactam (4-membered cyclic amide) rings is 1. The lowest BCUT2D eigenvalue weighted by Gasteiger charge is -2.46. The first kappa shape index (κ1) is 9.85. The van der Waals surface area contributed by atoms with Gasteiger partial charge in [-0.3, -0.25) is 4.79 Å². The van der Waals surface area contributed by atoms with Gasteiger partial charge >= 0.3 is 0 Å².